The van der Waals surface area contributed by atoms with Crippen LogP contribution in [0.1, 0.15) is 43.4 Å². The number of amides is 1. The molecule has 1 aromatic heterocycles. The standard InChI is InChI=1S/C13H23N3O3/c1-13(2,3)11-7-10(15-16-11)12(18)14-6-5-9(17)8-19-4/h7,9,17H,5-6,8H2,1-4H3,(H,14,18)(H,15,16). The third-order valence-corrected chi connectivity index (χ3v) is 2.74. The second kappa shape index (κ2) is 6.68. The number of aromatic nitrogens is 2. The molecule has 1 rings (SSSR count). The fourth-order valence-electron chi connectivity index (χ4n) is 1.54. The molecule has 1 amide bonds. The van der Waals surface area contributed by atoms with Crippen molar-refractivity contribution < 1.29 is 14.6 Å². The molecule has 0 aliphatic heterocycles. The van der Waals surface area contributed by atoms with Crippen molar-refractivity contribution in [3.05, 3.63) is 17.5 Å². The van der Waals surface area contributed by atoms with E-state index < -0.39 is 6.10 Å². The molecule has 6 heteroatoms. The van der Waals surface area contributed by atoms with Gasteiger partial charge in [0.05, 0.1) is 12.7 Å². The van der Waals surface area contributed by atoms with Crippen LogP contribution in [-0.2, 0) is 10.2 Å². The highest BCUT2D eigenvalue weighted by molar-refractivity contribution is 5.92. The molecule has 0 aromatic carbocycles. The highest BCUT2D eigenvalue weighted by Gasteiger charge is 2.19. The number of ether oxygens (including phenoxy) is 1. The van der Waals surface area contributed by atoms with Crippen molar-refractivity contribution in [3.8, 4) is 0 Å². The molecular weight excluding hydrogens is 246 g/mol. The highest BCUT2D eigenvalue weighted by atomic mass is 16.5. The van der Waals surface area contributed by atoms with E-state index in [0.717, 1.165) is 5.69 Å². The zero-order valence-electron chi connectivity index (χ0n) is 12.0. The van der Waals surface area contributed by atoms with Gasteiger partial charge in [0.2, 0.25) is 0 Å². The summed E-state index contributed by atoms with van der Waals surface area (Å²) in [6, 6.07) is 1.75. The lowest BCUT2D eigenvalue weighted by molar-refractivity contribution is 0.0587. The van der Waals surface area contributed by atoms with E-state index in [1.165, 1.54) is 7.11 Å². The minimum atomic E-state index is -0.561. The molecule has 3 N–H and O–H groups in total. The molecule has 0 saturated heterocycles. The Morgan fingerprint density at radius 2 is 2.26 bits per heavy atom. The Kier molecular flexibility index (Phi) is 5.50. The Bertz CT molecular complexity index is 410. The minimum absolute atomic E-state index is 0.0693. The molecule has 1 atom stereocenters. The van der Waals surface area contributed by atoms with Gasteiger partial charge >= 0.3 is 0 Å². The summed E-state index contributed by atoms with van der Waals surface area (Å²) in [6.45, 7) is 6.80. The lowest BCUT2D eigenvalue weighted by Gasteiger charge is -2.14. The number of nitrogens with zero attached hydrogens (tertiary/aromatic N) is 1. The van der Waals surface area contributed by atoms with Crippen LogP contribution in [0.3, 0.4) is 0 Å². The van der Waals surface area contributed by atoms with Gasteiger partial charge in [0, 0.05) is 24.8 Å². The number of carbonyl (C=O) groups is 1. The molecule has 0 saturated carbocycles. The van der Waals surface area contributed by atoms with E-state index in [4.69, 9.17) is 4.74 Å². The zero-order chi connectivity index (χ0) is 14.5. The van der Waals surface area contributed by atoms with Crippen molar-refractivity contribution in [1.82, 2.24) is 15.5 Å². The maximum atomic E-state index is 11.8. The van der Waals surface area contributed by atoms with Gasteiger partial charge in [-0.3, -0.25) is 9.89 Å². The fourth-order valence-corrected chi connectivity index (χ4v) is 1.54. The lowest BCUT2D eigenvalue weighted by Crippen LogP contribution is -2.28. The third kappa shape index (κ3) is 5.00. The normalized spacial score (nSPS) is 13.3. The smallest absolute Gasteiger partial charge is 0.271 e. The topological polar surface area (TPSA) is 87.2 Å². The number of H-pyrrole nitrogens is 1. The van der Waals surface area contributed by atoms with Gasteiger partial charge in [-0.15, -0.1) is 0 Å². The second-order valence-electron chi connectivity index (χ2n) is 5.57. The Morgan fingerprint density at radius 3 is 2.79 bits per heavy atom. The summed E-state index contributed by atoms with van der Waals surface area (Å²) in [6.07, 6.45) is -0.106. The van der Waals surface area contributed by atoms with Crippen LogP contribution in [0.5, 0.6) is 0 Å². The second-order valence-corrected chi connectivity index (χ2v) is 5.57. The van der Waals surface area contributed by atoms with Crippen LogP contribution >= 0.6 is 0 Å². The molecule has 0 bridgehead atoms. The maximum Gasteiger partial charge on any atom is 0.271 e. The van der Waals surface area contributed by atoms with Crippen molar-refractivity contribution >= 4 is 5.91 Å². The van der Waals surface area contributed by atoms with Crippen LogP contribution in [0.4, 0.5) is 0 Å². The SMILES string of the molecule is COCC(O)CCNC(=O)c1cc(C(C)(C)C)[nH]n1. The molecule has 6 nitrogen and oxygen atoms in total. The van der Waals surface area contributed by atoms with Crippen molar-refractivity contribution in [2.45, 2.75) is 38.7 Å². The summed E-state index contributed by atoms with van der Waals surface area (Å²) in [5, 5.41) is 19.0. The van der Waals surface area contributed by atoms with Crippen molar-refractivity contribution in [1.29, 1.82) is 0 Å². The molecule has 0 aliphatic carbocycles. The molecule has 0 radical (unpaired) electrons. The van der Waals surface area contributed by atoms with Gasteiger partial charge in [0.15, 0.2) is 0 Å². The first-order valence-electron chi connectivity index (χ1n) is 6.35. The van der Waals surface area contributed by atoms with E-state index >= 15 is 0 Å². The van der Waals surface area contributed by atoms with Crippen LogP contribution < -0.4 is 5.32 Å². The average molecular weight is 269 g/mol. The molecular formula is C13H23N3O3. The van der Waals surface area contributed by atoms with E-state index in [0.29, 0.717) is 18.7 Å². The number of aliphatic hydroxyl groups is 1. The fraction of sp³-hybridized carbons (Fsp3) is 0.692. The number of rotatable bonds is 6. The van der Waals surface area contributed by atoms with Crippen molar-refractivity contribution in [2.75, 3.05) is 20.3 Å². The zero-order valence-corrected chi connectivity index (χ0v) is 12.0. The van der Waals surface area contributed by atoms with Gasteiger partial charge in [0.1, 0.15) is 5.69 Å². The average Bonchev–Trinajstić information content (AvgIpc) is 2.78. The summed E-state index contributed by atoms with van der Waals surface area (Å²) in [7, 11) is 1.53. The predicted molar refractivity (Wildman–Crippen MR) is 72.1 cm³/mol. The van der Waals surface area contributed by atoms with Crippen LogP contribution in [0.2, 0.25) is 0 Å². The summed E-state index contributed by atoms with van der Waals surface area (Å²) < 4.78 is 4.81. The Morgan fingerprint density at radius 1 is 1.58 bits per heavy atom. The first-order valence-corrected chi connectivity index (χ1v) is 6.35. The predicted octanol–water partition coefficient (Wildman–Crippen LogP) is 0.834. The molecule has 0 spiro atoms. The number of carbonyl (C=O) groups excluding carboxylic acids is 1. The molecule has 0 fully saturated rings. The van der Waals surface area contributed by atoms with E-state index in [2.05, 4.69) is 15.5 Å². The van der Waals surface area contributed by atoms with Crippen LogP contribution in [-0.4, -0.2) is 47.6 Å². The first-order chi connectivity index (χ1) is 8.84. The summed E-state index contributed by atoms with van der Waals surface area (Å²) in [4.78, 5) is 11.8. The molecule has 1 heterocycles. The lowest BCUT2D eigenvalue weighted by atomic mass is 9.92. The number of hydrogen-bond donors (Lipinski definition) is 3. The molecule has 0 aliphatic rings. The largest absolute Gasteiger partial charge is 0.391 e. The van der Waals surface area contributed by atoms with E-state index in [9.17, 15) is 9.90 Å². The molecule has 1 aromatic rings. The summed E-state index contributed by atoms with van der Waals surface area (Å²) in [5.74, 6) is -0.239. The van der Waals surface area contributed by atoms with Crippen LogP contribution in [0, 0.1) is 0 Å². The number of hydrogen-bond acceptors (Lipinski definition) is 4. The van der Waals surface area contributed by atoms with Gasteiger partial charge in [-0.1, -0.05) is 20.8 Å². The van der Waals surface area contributed by atoms with Crippen LogP contribution in [0.25, 0.3) is 0 Å². The minimum Gasteiger partial charge on any atom is -0.391 e. The summed E-state index contributed by atoms with van der Waals surface area (Å²) >= 11 is 0. The Labute approximate surface area is 113 Å². The first kappa shape index (κ1) is 15.7. The van der Waals surface area contributed by atoms with Gasteiger partial charge in [0.25, 0.3) is 5.91 Å². The van der Waals surface area contributed by atoms with Crippen LogP contribution in [0.15, 0.2) is 6.07 Å². The monoisotopic (exact) mass is 269 g/mol. The Hall–Kier alpha value is -1.40. The summed E-state index contributed by atoms with van der Waals surface area (Å²) in [5.41, 5.74) is 1.21. The van der Waals surface area contributed by atoms with Gasteiger partial charge < -0.3 is 15.2 Å². The number of methoxy groups -OCH3 is 1. The number of nitrogens with one attached hydrogen (secondary N) is 2. The molecule has 19 heavy (non-hydrogen) atoms. The van der Waals surface area contributed by atoms with Gasteiger partial charge in [-0.25, -0.2) is 0 Å². The molecule has 108 valence electrons. The van der Waals surface area contributed by atoms with Gasteiger partial charge in [-0.05, 0) is 12.5 Å². The Balaban J connectivity index is 2.44. The number of aromatic amines is 1. The maximum absolute atomic E-state index is 11.8. The van der Waals surface area contributed by atoms with E-state index in [-0.39, 0.29) is 17.9 Å². The molecule has 1 unspecified atom stereocenters. The van der Waals surface area contributed by atoms with Crippen molar-refractivity contribution in [3.63, 3.8) is 0 Å². The van der Waals surface area contributed by atoms with Crippen molar-refractivity contribution in [2.24, 2.45) is 0 Å². The van der Waals surface area contributed by atoms with E-state index in [1.807, 2.05) is 20.8 Å². The third-order valence-electron chi connectivity index (χ3n) is 2.74. The van der Waals surface area contributed by atoms with Gasteiger partial charge in [-0.2, -0.15) is 5.10 Å². The highest BCUT2D eigenvalue weighted by Crippen LogP contribution is 2.20. The number of aliphatic hydroxyl groups excluding tert-OH is 1. The van der Waals surface area contributed by atoms with E-state index in [1.54, 1.807) is 6.07 Å². The quantitative estimate of drug-likeness (QED) is 0.714.